The van der Waals surface area contributed by atoms with Crippen molar-refractivity contribution in [2.75, 3.05) is 14.1 Å². The van der Waals surface area contributed by atoms with Crippen molar-refractivity contribution in [2.24, 2.45) is 0 Å². The summed E-state index contributed by atoms with van der Waals surface area (Å²) >= 11 is 3.47. The summed E-state index contributed by atoms with van der Waals surface area (Å²) in [7, 11) is 4.08. The summed E-state index contributed by atoms with van der Waals surface area (Å²) in [5.74, 6) is -0.0968. The Hall–Kier alpha value is -1.91. The molecule has 0 aliphatic rings. The van der Waals surface area contributed by atoms with Gasteiger partial charge < -0.3 is 10.2 Å². The van der Waals surface area contributed by atoms with Gasteiger partial charge in [-0.05, 0) is 42.9 Å². The molecule has 0 spiro atoms. The van der Waals surface area contributed by atoms with Crippen LogP contribution in [0.1, 0.15) is 16.7 Å². The van der Waals surface area contributed by atoms with Crippen molar-refractivity contribution in [3.8, 4) is 0 Å². The van der Waals surface area contributed by atoms with Crippen LogP contribution in [0, 0.1) is 0 Å². The second-order valence-electron chi connectivity index (χ2n) is 5.58. The van der Waals surface area contributed by atoms with Gasteiger partial charge in [-0.15, -0.1) is 0 Å². The Morgan fingerprint density at radius 3 is 2.43 bits per heavy atom. The molecule has 0 heterocycles. The van der Waals surface area contributed by atoms with Gasteiger partial charge in [0.05, 0.1) is 0 Å². The van der Waals surface area contributed by atoms with Crippen LogP contribution in [-0.2, 0) is 17.9 Å². The van der Waals surface area contributed by atoms with Gasteiger partial charge in [-0.1, -0.05) is 58.4 Å². The van der Waals surface area contributed by atoms with Crippen LogP contribution in [-0.4, -0.2) is 24.9 Å². The molecule has 0 fully saturated rings. The van der Waals surface area contributed by atoms with Crippen molar-refractivity contribution >= 4 is 27.9 Å². The van der Waals surface area contributed by atoms with Crippen molar-refractivity contribution < 1.29 is 4.79 Å². The molecule has 0 bridgehead atoms. The van der Waals surface area contributed by atoms with Gasteiger partial charge in [0, 0.05) is 23.6 Å². The van der Waals surface area contributed by atoms with Crippen LogP contribution in [0.15, 0.2) is 59.1 Å². The molecular weight excluding hydrogens is 352 g/mol. The highest BCUT2D eigenvalue weighted by molar-refractivity contribution is 9.10. The summed E-state index contributed by atoms with van der Waals surface area (Å²) in [6.45, 7) is 1.39. The van der Waals surface area contributed by atoms with Crippen LogP contribution in [0.4, 0.5) is 0 Å². The number of hydrogen-bond acceptors (Lipinski definition) is 2. The Kier molecular flexibility index (Phi) is 6.56. The SMILES string of the molecule is CN(C)Cc1ccccc1CNC(=O)/C=C/c1ccccc1Br. The largest absolute Gasteiger partial charge is 0.348 e. The Morgan fingerprint density at radius 1 is 1.09 bits per heavy atom. The molecule has 120 valence electrons. The summed E-state index contributed by atoms with van der Waals surface area (Å²) in [5, 5.41) is 2.94. The predicted octanol–water partition coefficient (Wildman–Crippen LogP) is 3.84. The molecule has 0 atom stereocenters. The third-order valence-corrected chi connectivity index (χ3v) is 4.10. The van der Waals surface area contributed by atoms with E-state index >= 15 is 0 Å². The van der Waals surface area contributed by atoms with Crippen molar-refractivity contribution in [2.45, 2.75) is 13.1 Å². The lowest BCUT2D eigenvalue weighted by Gasteiger charge is -2.14. The van der Waals surface area contributed by atoms with Crippen LogP contribution in [0.5, 0.6) is 0 Å². The number of carbonyl (C=O) groups excluding carboxylic acids is 1. The molecule has 2 rings (SSSR count). The third-order valence-electron chi connectivity index (χ3n) is 3.38. The minimum atomic E-state index is -0.0968. The Bertz CT molecular complexity index is 695. The molecule has 2 aromatic rings. The van der Waals surface area contributed by atoms with Crippen LogP contribution in [0.3, 0.4) is 0 Å². The molecule has 0 saturated heterocycles. The number of nitrogens with one attached hydrogen (secondary N) is 1. The summed E-state index contributed by atoms with van der Waals surface area (Å²) in [6.07, 6.45) is 3.37. The molecule has 0 saturated carbocycles. The highest BCUT2D eigenvalue weighted by Gasteiger charge is 2.04. The summed E-state index contributed by atoms with van der Waals surface area (Å²) < 4.78 is 0.973. The minimum Gasteiger partial charge on any atom is -0.348 e. The standard InChI is InChI=1S/C19H21BrN2O/c1-22(2)14-17-9-4-3-8-16(17)13-21-19(23)12-11-15-7-5-6-10-18(15)20/h3-12H,13-14H2,1-2H3,(H,21,23)/b12-11+. The molecule has 3 nitrogen and oxygen atoms in total. The second kappa shape index (κ2) is 8.65. The van der Waals surface area contributed by atoms with Crippen LogP contribution in [0.25, 0.3) is 6.08 Å². The maximum atomic E-state index is 12.0. The summed E-state index contributed by atoms with van der Waals surface area (Å²) in [5.41, 5.74) is 3.35. The summed E-state index contributed by atoms with van der Waals surface area (Å²) in [6, 6.07) is 16.0. The van der Waals surface area contributed by atoms with Crippen LogP contribution in [0.2, 0.25) is 0 Å². The minimum absolute atomic E-state index is 0.0968. The lowest BCUT2D eigenvalue weighted by Crippen LogP contribution is -2.22. The van der Waals surface area contributed by atoms with E-state index in [0.717, 1.165) is 22.1 Å². The fourth-order valence-electron chi connectivity index (χ4n) is 2.24. The maximum Gasteiger partial charge on any atom is 0.244 e. The molecule has 23 heavy (non-hydrogen) atoms. The van der Waals surface area contributed by atoms with Gasteiger partial charge in [-0.25, -0.2) is 0 Å². The van der Waals surface area contributed by atoms with E-state index in [-0.39, 0.29) is 5.91 Å². The highest BCUT2D eigenvalue weighted by atomic mass is 79.9. The monoisotopic (exact) mass is 372 g/mol. The smallest absolute Gasteiger partial charge is 0.244 e. The van der Waals surface area contributed by atoms with E-state index in [4.69, 9.17) is 0 Å². The van der Waals surface area contributed by atoms with E-state index in [1.165, 1.54) is 5.56 Å². The van der Waals surface area contributed by atoms with Crippen molar-refractivity contribution in [1.29, 1.82) is 0 Å². The lowest BCUT2D eigenvalue weighted by atomic mass is 10.1. The molecule has 2 aromatic carbocycles. The molecule has 0 aliphatic heterocycles. The van der Waals surface area contributed by atoms with Crippen molar-refractivity contribution in [3.63, 3.8) is 0 Å². The van der Waals surface area contributed by atoms with Crippen LogP contribution >= 0.6 is 15.9 Å². The fraction of sp³-hybridized carbons (Fsp3) is 0.211. The average molecular weight is 373 g/mol. The van der Waals surface area contributed by atoms with Crippen molar-refractivity contribution in [1.82, 2.24) is 10.2 Å². The Morgan fingerprint density at radius 2 is 1.74 bits per heavy atom. The van der Waals surface area contributed by atoms with E-state index in [9.17, 15) is 4.79 Å². The number of carbonyl (C=O) groups is 1. The molecule has 1 amide bonds. The molecule has 4 heteroatoms. The van der Waals surface area contributed by atoms with Gasteiger partial charge >= 0.3 is 0 Å². The topological polar surface area (TPSA) is 32.3 Å². The number of nitrogens with zero attached hydrogens (tertiary/aromatic N) is 1. The van der Waals surface area contributed by atoms with E-state index in [1.807, 2.05) is 56.6 Å². The van der Waals surface area contributed by atoms with E-state index in [0.29, 0.717) is 6.54 Å². The fourth-order valence-corrected chi connectivity index (χ4v) is 2.66. The summed E-state index contributed by atoms with van der Waals surface area (Å²) in [4.78, 5) is 14.1. The molecule has 0 aliphatic carbocycles. The first-order valence-corrected chi connectivity index (χ1v) is 8.27. The number of hydrogen-bond donors (Lipinski definition) is 1. The highest BCUT2D eigenvalue weighted by Crippen LogP contribution is 2.17. The first-order valence-electron chi connectivity index (χ1n) is 7.48. The zero-order chi connectivity index (χ0) is 16.7. The van der Waals surface area contributed by atoms with Crippen LogP contribution < -0.4 is 5.32 Å². The number of halogens is 1. The molecule has 0 unspecified atom stereocenters. The Balaban J connectivity index is 1.96. The van der Waals surface area contributed by atoms with Gasteiger partial charge in [0.1, 0.15) is 0 Å². The number of rotatable bonds is 6. The zero-order valence-electron chi connectivity index (χ0n) is 13.4. The third kappa shape index (κ3) is 5.66. The molecular formula is C19H21BrN2O. The second-order valence-corrected chi connectivity index (χ2v) is 6.43. The number of benzene rings is 2. The normalized spacial score (nSPS) is 11.1. The average Bonchev–Trinajstić information content (AvgIpc) is 2.53. The van der Waals surface area contributed by atoms with Gasteiger partial charge in [0.25, 0.3) is 0 Å². The van der Waals surface area contributed by atoms with E-state index < -0.39 is 0 Å². The van der Waals surface area contributed by atoms with Gasteiger partial charge in [0.15, 0.2) is 0 Å². The van der Waals surface area contributed by atoms with Crippen molar-refractivity contribution in [3.05, 3.63) is 75.8 Å². The first-order chi connectivity index (χ1) is 11.1. The predicted molar refractivity (Wildman–Crippen MR) is 98.9 cm³/mol. The van der Waals surface area contributed by atoms with E-state index in [1.54, 1.807) is 6.08 Å². The molecule has 0 aromatic heterocycles. The van der Waals surface area contributed by atoms with Gasteiger partial charge in [-0.3, -0.25) is 4.79 Å². The van der Waals surface area contributed by atoms with Gasteiger partial charge in [-0.2, -0.15) is 0 Å². The lowest BCUT2D eigenvalue weighted by molar-refractivity contribution is -0.116. The quantitative estimate of drug-likeness (QED) is 0.781. The molecule has 0 radical (unpaired) electrons. The maximum absolute atomic E-state index is 12.0. The van der Waals surface area contributed by atoms with Gasteiger partial charge in [0.2, 0.25) is 5.91 Å². The zero-order valence-corrected chi connectivity index (χ0v) is 15.0. The first kappa shape index (κ1) is 17.4. The van der Waals surface area contributed by atoms with E-state index in [2.05, 4.69) is 38.3 Å². The molecule has 1 N–H and O–H groups in total. The number of amides is 1. The Labute approximate surface area is 146 Å².